The molecule has 0 fully saturated rings. The van der Waals surface area contributed by atoms with Crippen molar-refractivity contribution < 1.29 is 9.47 Å². The summed E-state index contributed by atoms with van der Waals surface area (Å²) in [6.45, 7) is 0.553. The molecule has 0 aliphatic heterocycles. The van der Waals surface area contributed by atoms with Gasteiger partial charge in [-0.05, 0) is 58.5 Å². The predicted molar refractivity (Wildman–Crippen MR) is 124 cm³/mol. The van der Waals surface area contributed by atoms with Crippen LogP contribution in [0.3, 0.4) is 0 Å². The molecule has 3 aromatic carbocycles. The van der Waals surface area contributed by atoms with Gasteiger partial charge in [0.05, 0.1) is 20.8 Å². The van der Waals surface area contributed by atoms with Crippen LogP contribution in [0, 0.1) is 0 Å². The summed E-state index contributed by atoms with van der Waals surface area (Å²) in [5, 5.41) is 0. The molecule has 0 bridgehead atoms. The quantitative estimate of drug-likeness (QED) is 0.421. The lowest BCUT2D eigenvalue weighted by Gasteiger charge is -2.14. The lowest BCUT2D eigenvalue weighted by Crippen LogP contribution is -2.19. The van der Waals surface area contributed by atoms with Gasteiger partial charge >= 0.3 is 0 Å². The maximum absolute atomic E-state index is 12.4. The minimum absolute atomic E-state index is 0.00590. The number of hydrogen-bond donors (Lipinski definition) is 0. The Balaban J connectivity index is 1.68. The highest BCUT2D eigenvalue weighted by Gasteiger charge is 2.10. The van der Waals surface area contributed by atoms with Crippen molar-refractivity contribution in [2.75, 3.05) is 14.2 Å². The van der Waals surface area contributed by atoms with E-state index >= 15 is 0 Å². The van der Waals surface area contributed by atoms with Crippen molar-refractivity contribution in [2.45, 2.75) is 13.0 Å². The molecule has 0 aliphatic rings. The Kier molecular flexibility index (Phi) is 6.18. The van der Waals surface area contributed by atoms with E-state index in [9.17, 15) is 4.79 Å². The molecule has 0 aliphatic carbocycles. The van der Waals surface area contributed by atoms with Crippen molar-refractivity contribution in [1.82, 2.24) is 4.57 Å². The second-order valence-electron chi connectivity index (χ2n) is 7.42. The minimum atomic E-state index is -0.00590. The zero-order chi connectivity index (χ0) is 21.6. The summed E-state index contributed by atoms with van der Waals surface area (Å²) >= 11 is 0. The van der Waals surface area contributed by atoms with E-state index in [2.05, 4.69) is 24.3 Å². The second-order valence-corrected chi connectivity index (χ2v) is 7.42. The van der Waals surface area contributed by atoms with Gasteiger partial charge in [-0.25, -0.2) is 0 Å². The molecule has 4 rings (SSSR count). The molecule has 4 aromatic rings. The van der Waals surface area contributed by atoms with Crippen molar-refractivity contribution in [1.29, 1.82) is 0 Å². The molecule has 0 amide bonds. The van der Waals surface area contributed by atoms with Gasteiger partial charge in [0.2, 0.25) is 0 Å². The minimum Gasteiger partial charge on any atom is -0.497 e. The van der Waals surface area contributed by atoms with Crippen LogP contribution in [0.2, 0.25) is 0 Å². The highest BCUT2D eigenvalue weighted by Crippen LogP contribution is 2.30. The highest BCUT2D eigenvalue weighted by molar-refractivity contribution is 5.69. The van der Waals surface area contributed by atoms with E-state index in [0.29, 0.717) is 13.0 Å². The second kappa shape index (κ2) is 9.35. The van der Waals surface area contributed by atoms with Gasteiger partial charge in [0.1, 0.15) is 11.5 Å². The summed E-state index contributed by atoms with van der Waals surface area (Å²) in [6.07, 6.45) is 2.64. The maximum Gasteiger partial charge on any atom is 0.250 e. The van der Waals surface area contributed by atoms with Gasteiger partial charge in [0.15, 0.2) is 0 Å². The van der Waals surface area contributed by atoms with Crippen molar-refractivity contribution in [2.24, 2.45) is 0 Å². The highest BCUT2D eigenvalue weighted by atomic mass is 16.5. The molecule has 0 spiro atoms. The predicted octanol–water partition coefficient (Wildman–Crippen LogP) is 5.17. The van der Waals surface area contributed by atoms with E-state index in [1.54, 1.807) is 24.9 Å². The van der Waals surface area contributed by atoms with E-state index < -0.39 is 0 Å². The summed E-state index contributed by atoms with van der Waals surface area (Å²) in [6, 6.07) is 27.7. The molecule has 0 saturated heterocycles. The molecule has 1 heterocycles. The number of nitrogens with zero attached hydrogens (tertiary/aromatic N) is 1. The molecule has 0 unspecified atom stereocenters. The van der Waals surface area contributed by atoms with E-state index in [1.807, 2.05) is 60.8 Å². The van der Waals surface area contributed by atoms with Gasteiger partial charge < -0.3 is 14.0 Å². The maximum atomic E-state index is 12.4. The van der Waals surface area contributed by atoms with Crippen molar-refractivity contribution in [3.8, 4) is 22.6 Å². The number of benzene rings is 3. The molecular weight excluding hydrogens is 386 g/mol. The Morgan fingerprint density at radius 2 is 1.45 bits per heavy atom. The number of pyridine rings is 1. The molecule has 1 aromatic heterocycles. The molecule has 4 heteroatoms. The summed E-state index contributed by atoms with van der Waals surface area (Å²) in [5.41, 5.74) is 5.53. The van der Waals surface area contributed by atoms with Crippen LogP contribution in [-0.2, 0) is 13.0 Å². The molecule has 0 saturated carbocycles. The van der Waals surface area contributed by atoms with Crippen molar-refractivity contribution >= 4 is 0 Å². The van der Waals surface area contributed by atoms with Crippen LogP contribution in [0.4, 0.5) is 0 Å². The van der Waals surface area contributed by atoms with E-state index in [1.165, 1.54) is 0 Å². The van der Waals surface area contributed by atoms with E-state index in [-0.39, 0.29) is 5.56 Å². The standard InChI is InChI=1S/C27H25NO3/c1-30-24-11-9-22(10-12-24)26-14-13-25(31-2)17-23(26)16-21-8-15-27(29)28(19-21)18-20-6-4-3-5-7-20/h3-15,17,19H,16,18H2,1-2H3. The largest absolute Gasteiger partial charge is 0.497 e. The SMILES string of the molecule is COc1ccc(-c2ccc(OC)cc2Cc2ccc(=O)n(Cc3ccccc3)c2)cc1. The van der Waals surface area contributed by atoms with E-state index in [0.717, 1.165) is 39.3 Å². The lowest BCUT2D eigenvalue weighted by atomic mass is 9.95. The number of methoxy groups -OCH3 is 2. The van der Waals surface area contributed by atoms with Crippen LogP contribution in [0.15, 0.2) is 95.9 Å². The molecule has 31 heavy (non-hydrogen) atoms. The fourth-order valence-corrected chi connectivity index (χ4v) is 3.70. The summed E-state index contributed by atoms with van der Waals surface area (Å²) in [4.78, 5) is 12.4. The molecule has 0 N–H and O–H groups in total. The van der Waals surface area contributed by atoms with Crippen LogP contribution in [0.5, 0.6) is 11.5 Å². The van der Waals surface area contributed by atoms with Gasteiger partial charge in [0, 0.05) is 12.3 Å². The molecule has 0 atom stereocenters. The topological polar surface area (TPSA) is 40.5 Å². The van der Waals surface area contributed by atoms with Crippen molar-refractivity contribution in [3.63, 3.8) is 0 Å². The lowest BCUT2D eigenvalue weighted by molar-refractivity contribution is 0.414. The fourth-order valence-electron chi connectivity index (χ4n) is 3.70. The zero-order valence-electron chi connectivity index (χ0n) is 17.7. The molecular formula is C27H25NO3. The Morgan fingerprint density at radius 1 is 0.742 bits per heavy atom. The first-order chi connectivity index (χ1) is 15.2. The fraction of sp³-hybridized carbons (Fsp3) is 0.148. The monoisotopic (exact) mass is 411 g/mol. The third-order valence-corrected chi connectivity index (χ3v) is 5.35. The number of hydrogen-bond acceptors (Lipinski definition) is 3. The number of ether oxygens (including phenoxy) is 2. The van der Waals surface area contributed by atoms with Crippen LogP contribution >= 0.6 is 0 Å². The smallest absolute Gasteiger partial charge is 0.250 e. The third-order valence-electron chi connectivity index (χ3n) is 5.35. The van der Waals surface area contributed by atoms with Gasteiger partial charge in [-0.1, -0.05) is 54.6 Å². The van der Waals surface area contributed by atoms with Crippen LogP contribution in [0.25, 0.3) is 11.1 Å². The van der Waals surface area contributed by atoms with Crippen molar-refractivity contribution in [3.05, 3.63) is 118 Å². The Morgan fingerprint density at radius 3 is 2.16 bits per heavy atom. The Hall–Kier alpha value is -3.79. The van der Waals surface area contributed by atoms with Gasteiger partial charge in [0.25, 0.3) is 5.56 Å². The summed E-state index contributed by atoms with van der Waals surface area (Å²) in [5.74, 6) is 1.64. The first-order valence-corrected chi connectivity index (χ1v) is 10.2. The van der Waals surface area contributed by atoms with E-state index in [4.69, 9.17) is 9.47 Å². The van der Waals surface area contributed by atoms with Crippen LogP contribution < -0.4 is 15.0 Å². The first-order valence-electron chi connectivity index (χ1n) is 10.2. The average molecular weight is 412 g/mol. The van der Waals surface area contributed by atoms with Gasteiger partial charge in [-0.2, -0.15) is 0 Å². The number of aromatic nitrogens is 1. The zero-order valence-corrected chi connectivity index (χ0v) is 17.7. The summed E-state index contributed by atoms with van der Waals surface area (Å²) in [7, 11) is 3.34. The Bertz CT molecular complexity index is 1210. The molecule has 0 radical (unpaired) electrons. The Labute approximate surface area is 182 Å². The normalized spacial score (nSPS) is 10.6. The van der Waals surface area contributed by atoms with Crippen LogP contribution in [-0.4, -0.2) is 18.8 Å². The summed E-state index contributed by atoms with van der Waals surface area (Å²) < 4.78 is 12.5. The van der Waals surface area contributed by atoms with Crippen LogP contribution in [0.1, 0.15) is 16.7 Å². The first kappa shape index (κ1) is 20.5. The van der Waals surface area contributed by atoms with Gasteiger partial charge in [-0.3, -0.25) is 4.79 Å². The molecule has 4 nitrogen and oxygen atoms in total. The average Bonchev–Trinajstić information content (AvgIpc) is 2.82. The number of rotatable bonds is 7. The molecule has 156 valence electrons. The third kappa shape index (κ3) is 4.86. The van der Waals surface area contributed by atoms with Gasteiger partial charge in [-0.15, -0.1) is 0 Å².